The lowest BCUT2D eigenvalue weighted by atomic mass is 9.86. The lowest BCUT2D eigenvalue weighted by molar-refractivity contribution is 0.159. The van der Waals surface area contributed by atoms with Crippen molar-refractivity contribution in [1.29, 1.82) is 0 Å². The Morgan fingerprint density at radius 2 is 1.50 bits per heavy atom. The molecule has 0 fully saturated rings. The molecule has 0 radical (unpaired) electrons. The first kappa shape index (κ1) is 17.9. The number of likely N-dealkylation sites (N-methyl/N-ethyl adjacent to an activating group) is 2. The minimum absolute atomic E-state index is 0.331. The molecule has 0 aliphatic carbocycles. The van der Waals surface area contributed by atoms with Crippen molar-refractivity contribution >= 4 is 0 Å². The van der Waals surface area contributed by atoms with Gasteiger partial charge in [0.2, 0.25) is 0 Å². The predicted molar refractivity (Wildman–Crippen MR) is 83.1 cm³/mol. The summed E-state index contributed by atoms with van der Waals surface area (Å²) < 4.78 is 0. The van der Waals surface area contributed by atoms with Crippen LogP contribution < -0.4 is 5.32 Å². The maximum absolute atomic E-state index is 3.65. The molecule has 1 atom stereocenters. The molecule has 0 aliphatic heterocycles. The van der Waals surface area contributed by atoms with Crippen molar-refractivity contribution in [2.45, 2.75) is 67.3 Å². The molecule has 0 saturated heterocycles. The van der Waals surface area contributed by atoms with E-state index in [0.29, 0.717) is 11.5 Å². The van der Waals surface area contributed by atoms with Crippen LogP contribution in [-0.4, -0.2) is 37.1 Å². The first-order chi connectivity index (χ1) is 8.38. The third-order valence-corrected chi connectivity index (χ3v) is 4.05. The fourth-order valence-corrected chi connectivity index (χ4v) is 2.39. The summed E-state index contributed by atoms with van der Waals surface area (Å²) in [5.74, 6) is 0.854. The Morgan fingerprint density at radius 1 is 0.944 bits per heavy atom. The third-order valence-electron chi connectivity index (χ3n) is 4.05. The molecule has 0 aromatic rings. The second-order valence-corrected chi connectivity index (χ2v) is 6.51. The van der Waals surface area contributed by atoms with Gasteiger partial charge in [-0.2, -0.15) is 0 Å². The molecule has 0 rings (SSSR count). The normalized spacial score (nSPS) is 14.5. The van der Waals surface area contributed by atoms with Gasteiger partial charge in [0.1, 0.15) is 0 Å². The molecule has 0 heterocycles. The van der Waals surface area contributed by atoms with Crippen LogP contribution in [0.1, 0.15) is 61.3 Å². The molecule has 0 aliphatic rings. The summed E-state index contributed by atoms with van der Waals surface area (Å²) in [4.78, 5) is 2.62. The fraction of sp³-hybridized carbons (Fsp3) is 1.00. The smallest absolute Gasteiger partial charge is 0.0243 e. The highest BCUT2D eigenvalue weighted by Gasteiger charge is 2.25. The van der Waals surface area contributed by atoms with Gasteiger partial charge < -0.3 is 10.2 Å². The Labute approximate surface area is 116 Å². The van der Waals surface area contributed by atoms with Crippen LogP contribution in [0.25, 0.3) is 0 Å². The highest BCUT2D eigenvalue weighted by Crippen LogP contribution is 2.21. The summed E-state index contributed by atoms with van der Waals surface area (Å²) in [7, 11) is 0. The molecule has 18 heavy (non-hydrogen) atoms. The maximum atomic E-state index is 3.65. The van der Waals surface area contributed by atoms with E-state index < -0.39 is 0 Å². The van der Waals surface area contributed by atoms with E-state index in [0.717, 1.165) is 19.0 Å². The van der Waals surface area contributed by atoms with Gasteiger partial charge in [0.15, 0.2) is 0 Å². The number of nitrogens with one attached hydrogen (secondary N) is 1. The monoisotopic (exact) mass is 256 g/mol. The minimum Gasteiger partial charge on any atom is -0.312 e. The largest absolute Gasteiger partial charge is 0.312 e. The van der Waals surface area contributed by atoms with Gasteiger partial charge >= 0.3 is 0 Å². The van der Waals surface area contributed by atoms with Crippen LogP contribution >= 0.6 is 0 Å². The van der Waals surface area contributed by atoms with Crippen molar-refractivity contribution in [3.8, 4) is 0 Å². The van der Waals surface area contributed by atoms with Crippen molar-refractivity contribution in [2.24, 2.45) is 11.3 Å². The summed E-state index contributed by atoms with van der Waals surface area (Å²) in [5, 5.41) is 3.65. The molecular weight excluding hydrogens is 220 g/mol. The van der Waals surface area contributed by atoms with Crippen LogP contribution in [0.4, 0.5) is 0 Å². The second-order valence-electron chi connectivity index (χ2n) is 6.51. The van der Waals surface area contributed by atoms with Gasteiger partial charge in [-0.15, -0.1) is 0 Å². The lowest BCUT2D eigenvalue weighted by Gasteiger charge is -2.36. The molecule has 110 valence electrons. The first-order valence-corrected chi connectivity index (χ1v) is 7.84. The Bertz CT molecular complexity index is 192. The highest BCUT2D eigenvalue weighted by molar-refractivity contribution is 4.83. The Balaban J connectivity index is 4.46. The molecule has 0 bridgehead atoms. The molecule has 0 amide bonds. The van der Waals surface area contributed by atoms with E-state index in [2.05, 4.69) is 58.7 Å². The van der Waals surface area contributed by atoms with Crippen molar-refractivity contribution in [2.75, 3.05) is 26.2 Å². The van der Waals surface area contributed by atoms with Crippen LogP contribution in [0.15, 0.2) is 0 Å². The van der Waals surface area contributed by atoms with Crippen molar-refractivity contribution in [1.82, 2.24) is 10.2 Å². The van der Waals surface area contributed by atoms with E-state index in [1.54, 1.807) is 0 Å². The molecule has 0 spiro atoms. The number of hydrogen-bond donors (Lipinski definition) is 1. The van der Waals surface area contributed by atoms with Gasteiger partial charge in [-0.1, -0.05) is 61.3 Å². The van der Waals surface area contributed by atoms with Gasteiger partial charge in [-0.3, -0.25) is 0 Å². The topological polar surface area (TPSA) is 15.3 Å². The minimum atomic E-state index is 0.331. The quantitative estimate of drug-likeness (QED) is 0.675. The SMILES string of the molecule is CCNC(CN(CC)CC(CC)CC)C(C)(C)C. The molecule has 1 unspecified atom stereocenters. The molecule has 0 aromatic heterocycles. The second kappa shape index (κ2) is 8.92. The zero-order chi connectivity index (χ0) is 14.2. The number of rotatable bonds is 9. The van der Waals surface area contributed by atoms with Gasteiger partial charge in [-0.05, 0) is 24.4 Å². The van der Waals surface area contributed by atoms with Crippen LogP contribution in [0, 0.1) is 11.3 Å². The molecule has 2 nitrogen and oxygen atoms in total. The van der Waals surface area contributed by atoms with Crippen molar-refractivity contribution < 1.29 is 0 Å². The van der Waals surface area contributed by atoms with Crippen molar-refractivity contribution in [3.63, 3.8) is 0 Å². The average molecular weight is 256 g/mol. The van der Waals surface area contributed by atoms with E-state index in [4.69, 9.17) is 0 Å². The van der Waals surface area contributed by atoms with E-state index >= 15 is 0 Å². The van der Waals surface area contributed by atoms with Gasteiger partial charge in [0.25, 0.3) is 0 Å². The lowest BCUT2D eigenvalue weighted by Crippen LogP contribution is -2.49. The van der Waals surface area contributed by atoms with Gasteiger partial charge in [0, 0.05) is 19.1 Å². The molecule has 0 aromatic carbocycles. The van der Waals surface area contributed by atoms with E-state index in [-0.39, 0.29) is 0 Å². The van der Waals surface area contributed by atoms with E-state index in [9.17, 15) is 0 Å². The van der Waals surface area contributed by atoms with Crippen molar-refractivity contribution in [3.05, 3.63) is 0 Å². The Kier molecular flexibility index (Phi) is 8.89. The molecular formula is C16H36N2. The summed E-state index contributed by atoms with van der Waals surface area (Å²) in [5.41, 5.74) is 0.331. The standard InChI is InChI=1S/C16H36N2/c1-8-14(9-2)12-18(11-4)13-15(17-10-3)16(5,6)7/h14-15,17H,8-13H2,1-7H3. The van der Waals surface area contributed by atoms with Gasteiger partial charge in [-0.25, -0.2) is 0 Å². The summed E-state index contributed by atoms with van der Waals surface area (Å²) in [6.07, 6.45) is 2.60. The number of hydrogen-bond acceptors (Lipinski definition) is 2. The zero-order valence-electron chi connectivity index (χ0n) is 13.8. The highest BCUT2D eigenvalue weighted by atomic mass is 15.1. The Hall–Kier alpha value is -0.0800. The molecule has 0 saturated carbocycles. The molecule has 2 heteroatoms. The average Bonchev–Trinajstić information content (AvgIpc) is 2.32. The summed E-state index contributed by atoms with van der Waals surface area (Å²) >= 11 is 0. The Morgan fingerprint density at radius 3 is 1.83 bits per heavy atom. The van der Waals surface area contributed by atoms with Gasteiger partial charge in [0.05, 0.1) is 0 Å². The number of nitrogens with zero attached hydrogens (tertiary/aromatic N) is 1. The first-order valence-electron chi connectivity index (χ1n) is 7.84. The zero-order valence-corrected chi connectivity index (χ0v) is 13.8. The molecule has 1 N–H and O–H groups in total. The third kappa shape index (κ3) is 6.75. The van der Waals surface area contributed by atoms with Crippen LogP contribution in [-0.2, 0) is 0 Å². The summed E-state index contributed by atoms with van der Waals surface area (Å²) in [6.45, 7) is 20.8. The predicted octanol–water partition coefficient (Wildman–Crippen LogP) is 3.77. The summed E-state index contributed by atoms with van der Waals surface area (Å²) in [6, 6.07) is 0.580. The fourth-order valence-electron chi connectivity index (χ4n) is 2.39. The van der Waals surface area contributed by atoms with Crippen LogP contribution in [0.2, 0.25) is 0 Å². The van der Waals surface area contributed by atoms with E-state index in [1.165, 1.54) is 25.9 Å². The van der Waals surface area contributed by atoms with Crippen LogP contribution in [0.5, 0.6) is 0 Å². The maximum Gasteiger partial charge on any atom is 0.0243 e. The van der Waals surface area contributed by atoms with Crippen LogP contribution in [0.3, 0.4) is 0 Å². The van der Waals surface area contributed by atoms with E-state index in [1.807, 2.05) is 0 Å².